The summed E-state index contributed by atoms with van der Waals surface area (Å²) in [5, 5.41) is 6.95. The van der Waals surface area contributed by atoms with Gasteiger partial charge in [0.25, 0.3) is 0 Å². The van der Waals surface area contributed by atoms with Gasteiger partial charge in [-0.15, -0.1) is 0 Å². The second kappa shape index (κ2) is 11.9. The highest BCUT2D eigenvalue weighted by molar-refractivity contribution is 6.11. The Kier molecular flexibility index (Phi) is 7.93. The molecule has 0 unspecified atom stereocenters. The molecule has 1 aliphatic heterocycles. The molecule has 0 spiro atoms. The number of anilines is 2. The molecule has 5 rings (SSSR count). The predicted octanol–water partition coefficient (Wildman–Crippen LogP) is 4.38. The molecular weight excluding hydrogens is 500 g/mol. The fraction of sp³-hybridized carbons (Fsp3) is 0.276. The van der Waals surface area contributed by atoms with Gasteiger partial charge in [0, 0.05) is 32.0 Å². The van der Waals surface area contributed by atoms with Gasteiger partial charge in [0.2, 0.25) is 12.7 Å². The number of hydrogen-bond acceptors (Lipinski definition) is 8. The summed E-state index contributed by atoms with van der Waals surface area (Å²) in [5.74, 6) is 0.648. The molecule has 39 heavy (non-hydrogen) atoms. The Morgan fingerprint density at radius 3 is 2.64 bits per heavy atom. The lowest BCUT2D eigenvalue weighted by Gasteiger charge is -2.10. The monoisotopic (exact) mass is 530 g/mol. The summed E-state index contributed by atoms with van der Waals surface area (Å²) in [7, 11) is 2.90. The van der Waals surface area contributed by atoms with Crippen molar-refractivity contribution in [2.24, 2.45) is 0 Å². The number of ether oxygens (including phenoxy) is 4. The minimum Gasteiger partial charge on any atom is -0.464 e. The lowest BCUT2D eigenvalue weighted by molar-refractivity contribution is -0.116. The molecule has 2 N–H and O–H groups in total. The summed E-state index contributed by atoms with van der Waals surface area (Å²) in [6.45, 7) is 1.43. The van der Waals surface area contributed by atoms with Gasteiger partial charge in [-0.05, 0) is 35.7 Å². The molecule has 0 radical (unpaired) electrons. The Morgan fingerprint density at radius 1 is 1.03 bits per heavy atom. The Morgan fingerprint density at radius 2 is 1.85 bits per heavy atom. The fourth-order valence-corrected chi connectivity index (χ4v) is 4.52. The van der Waals surface area contributed by atoms with Crippen LogP contribution in [0.1, 0.15) is 28.0 Å². The van der Waals surface area contributed by atoms with Crippen LogP contribution in [0.2, 0.25) is 0 Å². The second-order valence-corrected chi connectivity index (χ2v) is 9.03. The van der Waals surface area contributed by atoms with Crippen LogP contribution in [0.15, 0.2) is 60.8 Å². The fourth-order valence-electron chi connectivity index (χ4n) is 4.52. The van der Waals surface area contributed by atoms with E-state index >= 15 is 0 Å². The smallest absolute Gasteiger partial charge is 0.356 e. The van der Waals surface area contributed by atoms with Crippen LogP contribution in [0, 0.1) is 0 Å². The van der Waals surface area contributed by atoms with Crippen molar-refractivity contribution in [1.82, 2.24) is 9.55 Å². The summed E-state index contributed by atoms with van der Waals surface area (Å²) in [6.07, 6.45) is 2.52. The normalized spacial score (nSPS) is 11.9. The highest BCUT2D eigenvalue weighted by Gasteiger charge is 2.26. The number of hydrogen-bond donors (Lipinski definition) is 2. The summed E-state index contributed by atoms with van der Waals surface area (Å²) in [4.78, 5) is 30.6. The lowest BCUT2D eigenvalue weighted by Crippen LogP contribution is -2.18. The van der Waals surface area contributed by atoms with Crippen molar-refractivity contribution < 1.29 is 28.5 Å². The van der Waals surface area contributed by atoms with E-state index in [0.29, 0.717) is 48.6 Å². The van der Waals surface area contributed by atoms with Crippen LogP contribution in [0.4, 0.5) is 11.4 Å². The number of carbonyl (C=O) groups is 2. The molecule has 0 saturated heterocycles. The molecule has 2 aromatic carbocycles. The predicted molar refractivity (Wildman–Crippen MR) is 146 cm³/mol. The highest BCUT2D eigenvalue weighted by atomic mass is 16.7. The number of amides is 1. The van der Waals surface area contributed by atoms with Crippen LogP contribution in [0.5, 0.6) is 11.5 Å². The molecule has 0 atom stereocenters. The molecule has 1 amide bonds. The minimum absolute atomic E-state index is 0.214. The number of benzene rings is 2. The van der Waals surface area contributed by atoms with E-state index in [2.05, 4.69) is 15.6 Å². The summed E-state index contributed by atoms with van der Waals surface area (Å²) < 4.78 is 22.9. The summed E-state index contributed by atoms with van der Waals surface area (Å²) in [6, 6.07) is 17.4. The third kappa shape index (κ3) is 5.80. The van der Waals surface area contributed by atoms with E-state index in [0.717, 1.165) is 22.6 Å². The van der Waals surface area contributed by atoms with E-state index in [1.54, 1.807) is 17.9 Å². The third-order valence-electron chi connectivity index (χ3n) is 6.48. The zero-order chi connectivity index (χ0) is 27.2. The van der Waals surface area contributed by atoms with E-state index in [9.17, 15) is 9.59 Å². The topological polar surface area (TPSA) is 113 Å². The Bertz CT molecular complexity index is 1480. The molecule has 0 saturated carbocycles. The van der Waals surface area contributed by atoms with Crippen molar-refractivity contribution in [3.8, 4) is 11.5 Å². The van der Waals surface area contributed by atoms with Crippen LogP contribution in [0.25, 0.3) is 11.0 Å². The average molecular weight is 531 g/mol. The van der Waals surface area contributed by atoms with Crippen molar-refractivity contribution in [2.45, 2.75) is 25.9 Å². The first-order valence-electron chi connectivity index (χ1n) is 12.6. The number of carbonyl (C=O) groups excluding carboxylic acids is 2. The van der Waals surface area contributed by atoms with Crippen molar-refractivity contribution in [1.29, 1.82) is 0 Å². The van der Waals surface area contributed by atoms with E-state index in [4.69, 9.17) is 18.9 Å². The number of rotatable bonds is 11. The zero-order valence-electron chi connectivity index (χ0n) is 21.9. The van der Waals surface area contributed by atoms with Gasteiger partial charge in [0.15, 0.2) is 17.2 Å². The molecule has 3 heterocycles. The number of aryl methyl sites for hydroxylation is 1. The van der Waals surface area contributed by atoms with Gasteiger partial charge in [-0.1, -0.05) is 36.4 Å². The van der Waals surface area contributed by atoms with E-state index in [1.807, 2.05) is 54.6 Å². The maximum absolute atomic E-state index is 13.0. The first-order chi connectivity index (χ1) is 19.1. The zero-order valence-corrected chi connectivity index (χ0v) is 21.9. The molecule has 0 aliphatic carbocycles. The standard InChI is InChI=1S/C29H30N4O6/c1-36-13-12-33-27(29(35)37-2)26(32-25(34)11-9-19-6-4-3-5-7-19)22-15-21(17-31-28(22)33)30-16-20-8-10-23-24(14-20)39-18-38-23/h3-8,10,14-15,17,30H,9,11-13,16,18H2,1-2H3,(H,32,34). The molecule has 4 aromatic rings. The van der Waals surface area contributed by atoms with Gasteiger partial charge in [0.05, 0.1) is 31.3 Å². The van der Waals surface area contributed by atoms with Crippen molar-refractivity contribution in [2.75, 3.05) is 38.3 Å². The molecule has 2 aromatic heterocycles. The van der Waals surface area contributed by atoms with E-state index in [1.165, 1.54) is 7.11 Å². The quantitative estimate of drug-likeness (QED) is 0.275. The van der Waals surface area contributed by atoms with Gasteiger partial charge in [0.1, 0.15) is 5.65 Å². The van der Waals surface area contributed by atoms with Gasteiger partial charge in [-0.3, -0.25) is 4.79 Å². The number of aromatic nitrogens is 2. The van der Waals surface area contributed by atoms with Crippen LogP contribution in [0.3, 0.4) is 0 Å². The third-order valence-corrected chi connectivity index (χ3v) is 6.48. The molecule has 202 valence electrons. The van der Waals surface area contributed by atoms with Crippen LogP contribution in [-0.4, -0.2) is 49.0 Å². The largest absolute Gasteiger partial charge is 0.464 e. The van der Waals surface area contributed by atoms with Crippen molar-refractivity contribution in [3.05, 3.63) is 77.6 Å². The average Bonchev–Trinajstić information content (AvgIpc) is 3.56. The van der Waals surface area contributed by atoms with Crippen LogP contribution >= 0.6 is 0 Å². The number of methoxy groups -OCH3 is 2. The van der Waals surface area contributed by atoms with Crippen molar-refractivity contribution in [3.63, 3.8) is 0 Å². The molecular formula is C29H30N4O6. The van der Waals surface area contributed by atoms with Crippen LogP contribution in [-0.2, 0) is 33.8 Å². The molecule has 0 fully saturated rings. The lowest BCUT2D eigenvalue weighted by atomic mass is 10.1. The molecule has 10 nitrogen and oxygen atoms in total. The molecule has 1 aliphatic rings. The summed E-state index contributed by atoms with van der Waals surface area (Å²) >= 11 is 0. The van der Waals surface area contributed by atoms with E-state index < -0.39 is 5.97 Å². The Labute approximate surface area is 225 Å². The maximum atomic E-state index is 13.0. The van der Waals surface area contributed by atoms with Gasteiger partial charge in [-0.25, -0.2) is 9.78 Å². The minimum atomic E-state index is -0.572. The Balaban J connectivity index is 1.44. The number of pyridine rings is 1. The number of esters is 1. The number of nitrogens with zero attached hydrogens (tertiary/aromatic N) is 2. The number of fused-ring (bicyclic) bond motifs is 2. The van der Waals surface area contributed by atoms with Crippen molar-refractivity contribution >= 4 is 34.3 Å². The first-order valence-corrected chi connectivity index (χ1v) is 12.6. The first kappa shape index (κ1) is 26.1. The number of nitrogens with one attached hydrogen (secondary N) is 2. The van der Waals surface area contributed by atoms with Gasteiger partial charge >= 0.3 is 5.97 Å². The second-order valence-electron chi connectivity index (χ2n) is 9.03. The summed E-state index contributed by atoms with van der Waals surface area (Å²) in [5.41, 5.74) is 3.91. The molecule has 0 bridgehead atoms. The van der Waals surface area contributed by atoms with Gasteiger partial charge < -0.3 is 34.1 Å². The van der Waals surface area contributed by atoms with Crippen LogP contribution < -0.4 is 20.1 Å². The SMILES string of the molecule is COCCn1c(C(=O)OC)c(NC(=O)CCc2ccccc2)c2cc(NCc3ccc4c(c3)OCO4)cnc21. The van der Waals surface area contributed by atoms with Gasteiger partial charge in [-0.2, -0.15) is 0 Å². The van der Waals surface area contributed by atoms with E-state index in [-0.39, 0.29) is 24.8 Å². The Hall–Kier alpha value is -4.57. The maximum Gasteiger partial charge on any atom is 0.356 e. The highest BCUT2D eigenvalue weighted by Crippen LogP contribution is 2.34. The molecule has 10 heteroatoms.